The first-order valence-corrected chi connectivity index (χ1v) is 11.4. The highest BCUT2D eigenvalue weighted by Crippen LogP contribution is 2.61. The molecule has 4 aliphatic carbocycles. The summed E-state index contributed by atoms with van der Waals surface area (Å²) in [6.07, 6.45) is 9.84. The molecular weight excluding hydrogens is 362 g/mol. The quantitative estimate of drug-likeness (QED) is 0.674. The Bertz CT molecular complexity index is 719. The van der Waals surface area contributed by atoms with Crippen molar-refractivity contribution in [2.75, 3.05) is 6.54 Å². The summed E-state index contributed by atoms with van der Waals surface area (Å²) < 4.78 is 0. The summed E-state index contributed by atoms with van der Waals surface area (Å²) in [4.78, 5) is 24.6. The van der Waals surface area contributed by atoms with Crippen LogP contribution in [-0.2, 0) is 16.0 Å². The number of carbonyl (C=O) groups is 2. The summed E-state index contributed by atoms with van der Waals surface area (Å²) in [5.41, 5.74) is 2.62. The third-order valence-electron chi connectivity index (χ3n) is 8.03. The topological polar surface area (TPSA) is 66.4 Å². The molecule has 4 nitrogen and oxygen atoms in total. The molecule has 0 spiro atoms. The fourth-order valence-electron chi connectivity index (χ4n) is 6.82. The van der Waals surface area contributed by atoms with Crippen molar-refractivity contribution in [2.45, 2.75) is 65.2 Å². The number of hydrogen-bond acceptors (Lipinski definition) is 2. The lowest BCUT2D eigenvalue weighted by atomic mass is 9.49. The average Bonchev–Trinajstić information content (AvgIpc) is 2.65. The van der Waals surface area contributed by atoms with Gasteiger partial charge in [0.05, 0.1) is 11.8 Å². The molecule has 4 bridgehead atoms. The Balaban J connectivity index is 1.36. The molecule has 1 aromatic rings. The Morgan fingerprint density at radius 1 is 1.07 bits per heavy atom. The van der Waals surface area contributed by atoms with Crippen molar-refractivity contribution in [1.82, 2.24) is 5.32 Å². The van der Waals surface area contributed by atoms with E-state index in [0.29, 0.717) is 18.4 Å². The number of rotatable bonds is 8. The van der Waals surface area contributed by atoms with E-state index < -0.39 is 17.8 Å². The fraction of sp³-hybridized carbons (Fsp3) is 0.680. The first-order valence-electron chi connectivity index (χ1n) is 11.4. The molecule has 2 N–H and O–H groups in total. The molecule has 0 heterocycles. The third-order valence-corrected chi connectivity index (χ3v) is 8.03. The van der Waals surface area contributed by atoms with Crippen LogP contribution in [0.15, 0.2) is 24.3 Å². The molecule has 2 atom stereocenters. The lowest BCUT2D eigenvalue weighted by molar-refractivity contribution is -0.146. The summed E-state index contributed by atoms with van der Waals surface area (Å²) in [5, 5.41) is 12.6. The highest BCUT2D eigenvalue weighted by Gasteiger charge is 2.50. The minimum absolute atomic E-state index is 0.106. The van der Waals surface area contributed by atoms with E-state index in [1.165, 1.54) is 38.5 Å². The van der Waals surface area contributed by atoms with Gasteiger partial charge in [0.1, 0.15) is 0 Å². The lowest BCUT2D eigenvalue weighted by Crippen LogP contribution is -2.47. The Morgan fingerprint density at radius 2 is 1.62 bits per heavy atom. The lowest BCUT2D eigenvalue weighted by Gasteiger charge is -2.57. The normalized spacial score (nSPS) is 32.0. The van der Waals surface area contributed by atoms with E-state index in [-0.39, 0.29) is 5.91 Å². The molecule has 158 valence electrons. The second-order valence-electron chi connectivity index (χ2n) is 10.4. The Hall–Kier alpha value is -1.84. The van der Waals surface area contributed by atoms with Gasteiger partial charge in [-0.1, -0.05) is 36.8 Å². The van der Waals surface area contributed by atoms with Crippen molar-refractivity contribution in [1.29, 1.82) is 0 Å². The SMILES string of the molecule is Cc1ccc(C[C@@H](C(=O)NCCC23CC4CC(CC(C4)C2)C3)[C@@H](C)C(=O)O)cc1. The van der Waals surface area contributed by atoms with Crippen molar-refractivity contribution >= 4 is 11.9 Å². The second kappa shape index (κ2) is 8.12. The molecule has 4 aliphatic rings. The Kier molecular flexibility index (Phi) is 5.72. The zero-order chi connectivity index (χ0) is 20.6. The maximum absolute atomic E-state index is 13.0. The molecular formula is C25H35NO3. The van der Waals surface area contributed by atoms with Crippen LogP contribution in [-0.4, -0.2) is 23.5 Å². The maximum atomic E-state index is 13.0. The highest BCUT2D eigenvalue weighted by atomic mass is 16.4. The number of nitrogens with one attached hydrogen (secondary N) is 1. The highest BCUT2D eigenvalue weighted by molar-refractivity contribution is 5.84. The fourth-order valence-corrected chi connectivity index (χ4v) is 6.82. The summed E-state index contributed by atoms with van der Waals surface area (Å²) in [6.45, 7) is 4.36. The van der Waals surface area contributed by atoms with Crippen LogP contribution in [0.4, 0.5) is 0 Å². The van der Waals surface area contributed by atoms with E-state index in [1.54, 1.807) is 6.92 Å². The number of carbonyl (C=O) groups excluding carboxylic acids is 1. The van der Waals surface area contributed by atoms with Crippen LogP contribution in [0.5, 0.6) is 0 Å². The Labute approximate surface area is 174 Å². The summed E-state index contributed by atoms with van der Waals surface area (Å²) >= 11 is 0. The molecule has 29 heavy (non-hydrogen) atoms. The molecule has 0 radical (unpaired) electrons. The van der Waals surface area contributed by atoms with Gasteiger partial charge in [0.15, 0.2) is 0 Å². The minimum atomic E-state index is -0.904. The van der Waals surface area contributed by atoms with Gasteiger partial charge in [-0.3, -0.25) is 9.59 Å². The van der Waals surface area contributed by atoms with E-state index in [9.17, 15) is 14.7 Å². The van der Waals surface area contributed by atoms with Crippen molar-refractivity contribution in [3.8, 4) is 0 Å². The first kappa shape index (κ1) is 20.4. The van der Waals surface area contributed by atoms with Crippen molar-refractivity contribution in [3.63, 3.8) is 0 Å². The monoisotopic (exact) mass is 397 g/mol. The molecule has 0 aliphatic heterocycles. The number of carboxylic acids is 1. The van der Waals surface area contributed by atoms with Gasteiger partial charge in [-0.15, -0.1) is 0 Å². The van der Waals surface area contributed by atoms with Crippen LogP contribution >= 0.6 is 0 Å². The molecule has 4 saturated carbocycles. The van der Waals surface area contributed by atoms with Crippen LogP contribution in [0.2, 0.25) is 0 Å². The third kappa shape index (κ3) is 4.51. The summed E-state index contributed by atoms with van der Waals surface area (Å²) in [5.74, 6) is 0.501. The molecule has 4 heteroatoms. The number of aliphatic carboxylic acids is 1. The molecule has 5 rings (SSSR count). The predicted octanol–water partition coefficient (Wildman–Crippen LogP) is 4.60. The largest absolute Gasteiger partial charge is 0.481 e. The molecule has 1 aromatic carbocycles. The van der Waals surface area contributed by atoms with E-state index in [2.05, 4.69) is 5.32 Å². The number of hydrogen-bond donors (Lipinski definition) is 2. The van der Waals surface area contributed by atoms with Gasteiger partial charge in [-0.05, 0) is 87.0 Å². The van der Waals surface area contributed by atoms with E-state index >= 15 is 0 Å². The van der Waals surface area contributed by atoms with Crippen molar-refractivity contribution in [3.05, 3.63) is 35.4 Å². The average molecular weight is 398 g/mol. The number of amides is 1. The van der Waals surface area contributed by atoms with Crippen molar-refractivity contribution in [2.24, 2.45) is 35.0 Å². The molecule has 4 fully saturated rings. The standard InChI is InChI=1S/C25H35NO3/c1-16-3-5-18(6-4-16)12-22(17(2)24(28)29)23(27)26-8-7-25-13-19-9-20(14-25)11-21(10-19)15-25/h3-6,17,19-22H,7-15H2,1-2H3,(H,26,27)(H,28,29)/t17-,19?,20?,21?,22-,25?/m1/s1. The first-order chi connectivity index (χ1) is 13.8. The molecule has 0 unspecified atom stereocenters. The van der Waals surface area contributed by atoms with Crippen LogP contribution in [0.3, 0.4) is 0 Å². The Morgan fingerprint density at radius 3 is 2.14 bits per heavy atom. The number of benzene rings is 1. The number of carboxylic acid groups (broad SMARTS) is 1. The number of aryl methyl sites for hydroxylation is 1. The summed E-state index contributed by atoms with van der Waals surface area (Å²) in [6, 6.07) is 8.03. The van der Waals surface area contributed by atoms with Gasteiger partial charge >= 0.3 is 5.97 Å². The van der Waals surface area contributed by atoms with Crippen LogP contribution in [0.25, 0.3) is 0 Å². The van der Waals surface area contributed by atoms with Gasteiger partial charge in [-0.2, -0.15) is 0 Å². The zero-order valence-corrected chi connectivity index (χ0v) is 17.8. The minimum Gasteiger partial charge on any atom is -0.481 e. The zero-order valence-electron chi connectivity index (χ0n) is 17.8. The molecule has 0 aromatic heterocycles. The van der Waals surface area contributed by atoms with Gasteiger partial charge in [0.25, 0.3) is 0 Å². The van der Waals surface area contributed by atoms with Gasteiger partial charge in [0.2, 0.25) is 5.91 Å². The van der Waals surface area contributed by atoms with Crippen molar-refractivity contribution < 1.29 is 14.7 Å². The van der Waals surface area contributed by atoms with Crippen LogP contribution in [0.1, 0.15) is 63.0 Å². The molecule has 0 saturated heterocycles. The van der Waals surface area contributed by atoms with E-state index in [1.807, 2.05) is 31.2 Å². The van der Waals surface area contributed by atoms with Gasteiger partial charge in [-0.25, -0.2) is 0 Å². The van der Waals surface area contributed by atoms with Crippen LogP contribution < -0.4 is 5.32 Å². The maximum Gasteiger partial charge on any atom is 0.307 e. The second-order valence-corrected chi connectivity index (χ2v) is 10.4. The van der Waals surface area contributed by atoms with E-state index in [4.69, 9.17) is 0 Å². The molecule has 1 amide bonds. The van der Waals surface area contributed by atoms with Gasteiger partial charge < -0.3 is 10.4 Å². The predicted molar refractivity (Wildman–Crippen MR) is 113 cm³/mol. The van der Waals surface area contributed by atoms with E-state index in [0.717, 1.165) is 35.3 Å². The smallest absolute Gasteiger partial charge is 0.307 e. The summed E-state index contributed by atoms with van der Waals surface area (Å²) in [7, 11) is 0. The van der Waals surface area contributed by atoms with Gasteiger partial charge in [0, 0.05) is 6.54 Å². The van der Waals surface area contributed by atoms with Crippen LogP contribution in [0, 0.1) is 41.9 Å².